The standard InChI is InChI=1S/C3H10O2P/c1-5-6(2,3)4/h4H,1-3H3/q+1/i4T. The van der Waals surface area contributed by atoms with E-state index in [0.717, 1.165) is 0 Å². The van der Waals surface area contributed by atoms with Crippen molar-refractivity contribution < 1.29 is 9.42 Å². The highest BCUT2D eigenvalue weighted by molar-refractivity contribution is 7.63. The van der Waals surface area contributed by atoms with Crippen LogP contribution in [-0.4, -0.2) is 26.8 Å². The Bertz CT molecular complexity index is 50.9. The molecular weight excluding hydrogens is 99.0 g/mol. The molecule has 0 rings (SSSR count). The summed E-state index contributed by atoms with van der Waals surface area (Å²) in [7, 11) is -0.194. The Morgan fingerprint density at radius 2 is 2.33 bits per heavy atom. The second kappa shape index (κ2) is 1.87. The monoisotopic (exact) mass is 111 g/mol. The van der Waals surface area contributed by atoms with Gasteiger partial charge >= 0.3 is 0 Å². The summed E-state index contributed by atoms with van der Waals surface area (Å²) in [6, 6.07) is 0. The molecule has 0 bridgehead atoms. The predicted octanol–water partition coefficient (Wildman–Crippen LogP) is 0.732. The van der Waals surface area contributed by atoms with Crippen molar-refractivity contribution in [2.45, 2.75) is 0 Å². The van der Waals surface area contributed by atoms with Crippen LogP contribution in [0.15, 0.2) is 0 Å². The molecule has 0 aliphatic carbocycles. The van der Waals surface area contributed by atoms with Crippen LogP contribution in [0.3, 0.4) is 0 Å². The van der Waals surface area contributed by atoms with Crippen LogP contribution < -0.4 is 0 Å². The average molecular weight is 111 g/mol. The highest BCUT2D eigenvalue weighted by atomic mass is 31.2. The minimum absolute atomic E-state index is 1.54. The fourth-order valence-corrected chi connectivity index (χ4v) is 0. The van der Waals surface area contributed by atoms with Gasteiger partial charge < -0.3 is 0 Å². The molecule has 0 atom stereocenters. The summed E-state index contributed by atoms with van der Waals surface area (Å²) in [5.41, 5.74) is 0. The Balaban J connectivity index is 3.36. The van der Waals surface area contributed by atoms with Gasteiger partial charge in [-0.1, -0.05) is 0 Å². The molecule has 0 saturated heterocycles. The maximum atomic E-state index is 6.43. The van der Waals surface area contributed by atoms with Crippen LogP contribution in [0.2, 0.25) is 0 Å². The molecule has 0 saturated carbocycles. The van der Waals surface area contributed by atoms with Crippen LogP contribution in [0.1, 0.15) is 0 Å². The van der Waals surface area contributed by atoms with Crippen LogP contribution in [0.5, 0.6) is 0 Å². The maximum Gasteiger partial charge on any atom is 0.270 e. The summed E-state index contributed by atoms with van der Waals surface area (Å²) in [5, 5.41) is 0. The minimum Gasteiger partial charge on any atom is -0.221 e. The Morgan fingerprint density at radius 1 is 1.83 bits per heavy atom. The Kier molecular flexibility index (Phi) is 1.41. The zero-order chi connectivity index (χ0) is 5.91. The first-order valence-electron chi connectivity index (χ1n) is 2.08. The van der Waals surface area contributed by atoms with Crippen molar-refractivity contribution in [3.05, 3.63) is 0 Å². The largest absolute Gasteiger partial charge is 0.270 e. The van der Waals surface area contributed by atoms with Crippen LogP contribution >= 0.6 is 7.72 Å². The van der Waals surface area contributed by atoms with Crippen molar-refractivity contribution in [2.75, 3.05) is 20.4 Å². The summed E-state index contributed by atoms with van der Waals surface area (Å²) in [5.74, 6) is 0. The van der Waals surface area contributed by atoms with E-state index in [1.807, 2.05) is 0 Å². The first-order chi connectivity index (χ1) is 3.12. The van der Waals surface area contributed by atoms with E-state index in [0.29, 0.717) is 0 Å². The molecule has 0 unspecified atom stereocenters. The molecular formula is C3H10O2P+. The van der Waals surface area contributed by atoms with Gasteiger partial charge in [0.25, 0.3) is 9.15 Å². The fraction of sp³-hybridized carbons (Fsp3) is 1.00. The number of rotatable bonds is 2. The Morgan fingerprint density at radius 3 is 2.33 bits per heavy atom. The van der Waals surface area contributed by atoms with Crippen molar-refractivity contribution >= 4 is 7.72 Å². The first-order valence-corrected chi connectivity index (χ1v) is 4.19. The van der Waals surface area contributed by atoms with E-state index in [1.165, 1.54) is 0 Å². The summed E-state index contributed by atoms with van der Waals surface area (Å²) in [6.45, 7) is 3.56. The highest BCUT2D eigenvalue weighted by Gasteiger charge is 2.17. The topological polar surface area (TPSA) is 29.5 Å². The molecule has 0 aliphatic heterocycles. The van der Waals surface area contributed by atoms with E-state index >= 15 is 0 Å². The van der Waals surface area contributed by atoms with Crippen LogP contribution in [-0.2, 0) is 4.52 Å². The van der Waals surface area contributed by atoms with Gasteiger partial charge in [-0.3, -0.25) is 0 Å². The molecule has 0 aromatic heterocycles. The Labute approximate surface area is 40.1 Å². The number of hydrogen-bond donors (Lipinski definition) is 1. The minimum atomic E-state index is -1.74. The molecule has 0 aromatic carbocycles. The lowest BCUT2D eigenvalue weighted by molar-refractivity contribution is 0.377. The second-order valence-corrected chi connectivity index (χ2v) is 4.30. The molecule has 0 aliphatic rings. The van der Waals surface area contributed by atoms with Gasteiger partial charge in [-0.15, -0.1) is 0 Å². The van der Waals surface area contributed by atoms with Gasteiger partial charge in [0, 0.05) is 0 Å². The van der Waals surface area contributed by atoms with Crippen LogP contribution in [0.4, 0.5) is 0 Å². The molecule has 0 spiro atoms. The van der Waals surface area contributed by atoms with Gasteiger partial charge in [0.15, 0.2) is 0 Å². The summed E-state index contributed by atoms with van der Waals surface area (Å²) in [6.07, 6.45) is 0. The molecule has 0 heterocycles. The molecule has 0 fully saturated rings. The summed E-state index contributed by atoms with van der Waals surface area (Å²) < 4.78 is 11.2. The lowest BCUT2D eigenvalue weighted by Gasteiger charge is -2.00. The predicted molar refractivity (Wildman–Crippen MR) is 28.0 cm³/mol. The normalized spacial score (nSPS) is 14.2. The molecule has 3 heteroatoms. The first kappa shape index (κ1) is 4.51. The summed E-state index contributed by atoms with van der Waals surface area (Å²) in [4.78, 5) is 4.23. The second-order valence-electron chi connectivity index (χ2n) is 1.43. The van der Waals surface area contributed by atoms with E-state index in [1.54, 1.807) is 20.4 Å². The third kappa shape index (κ3) is 4.35. The van der Waals surface area contributed by atoms with Crippen molar-refractivity contribution in [3.8, 4) is 0 Å². The molecule has 0 amide bonds. The van der Waals surface area contributed by atoms with Gasteiger partial charge in [0.1, 0.15) is 13.3 Å². The lowest BCUT2D eigenvalue weighted by Crippen LogP contribution is -1.85. The van der Waals surface area contributed by atoms with E-state index in [9.17, 15) is 0 Å². The smallest absolute Gasteiger partial charge is 0.221 e. The summed E-state index contributed by atoms with van der Waals surface area (Å²) >= 11 is 0. The Hall–Kier alpha value is 0.350. The quantitative estimate of drug-likeness (QED) is 0.532. The molecule has 1 N–H and O–H groups in total. The molecule has 6 heavy (non-hydrogen) atoms. The van der Waals surface area contributed by atoms with E-state index in [2.05, 4.69) is 4.90 Å². The van der Waals surface area contributed by atoms with E-state index in [-0.39, 0.29) is 0 Å². The third-order valence-corrected chi connectivity index (χ3v) is 1.32. The van der Waals surface area contributed by atoms with Crippen LogP contribution in [0, 0.1) is 0 Å². The number of hydrogen-bond acceptors (Lipinski definition) is 2. The van der Waals surface area contributed by atoms with Gasteiger partial charge in [-0.2, -0.15) is 0 Å². The molecule has 0 radical (unpaired) electrons. The lowest BCUT2D eigenvalue weighted by atomic mass is 11.8. The van der Waals surface area contributed by atoms with Gasteiger partial charge in [0.2, 0.25) is 0 Å². The van der Waals surface area contributed by atoms with Crippen molar-refractivity contribution in [1.29, 1.82) is 1.43 Å². The van der Waals surface area contributed by atoms with E-state index < -0.39 is 7.72 Å². The van der Waals surface area contributed by atoms with E-state index in [4.69, 9.17) is 5.95 Å². The highest BCUT2D eigenvalue weighted by Crippen LogP contribution is 2.45. The maximum absolute atomic E-state index is 6.43. The van der Waals surface area contributed by atoms with Crippen molar-refractivity contribution in [3.63, 3.8) is 0 Å². The van der Waals surface area contributed by atoms with Crippen molar-refractivity contribution in [2.24, 2.45) is 0 Å². The van der Waals surface area contributed by atoms with Gasteiger partial charge in [-0.05, 0) is 0 Å². The zero-order valence-corrected chi connectivity index (χ0v) is 5.16. The van der Waals surface area contributed by atoms with Gasteiger partial charge in [0.05, 0.1) is 7.11 Å². The third-order valence-electron chi connectivity index (χ3n) is 0.440. The van der Waals surface area contributed by atoms with Crippen molar-refractivity contribution in [1.82, 2.24) is 0 Å². The molecule has 38 valence electrons. The molecule has 0 aromatic rings. The fourth-order valence-electron chi connectivity index (χ4n) is 0. The molecule has 2 nitrogen and oxygen atoms in total. The van der Waals surface area contributed by atoms with Gasteiger partial charge in [-0.25, -0.2) is 9.42 Å². The average Bonchev–Trinajstić information content (AvgIpc) is 1.68. The SMILES string of the molecule is [3H]O[P+](C)(C)OC. The van der Waals surface area contributed by atoms with Crippen LogP contribution in [0.25, 0.3) is 0 Å². The zero-order valence-electron chi connectivity index (χ0n) is 5.26.